The fourth-order valence-corrected chi connectivity index (χ4v) is 5.91. The number of pyridine rings is 2. The molecule has 41 heavy (non-hydrogen) atoms. The molecule has 2 heterocycles. The van der Waals surface area contributed by atoms with E-state index in [0.717, 1.165) is 22.2 Å². The standard InChI is InChI=1S/C26H18N.C10H7NO2.Ir/c1-26(2)21-8-4-3-7-19(21)20-13-12-17(14-22(20)26)24-15-18-11-10-16-6-5-9-23(27-24)25(16)18;12-10(13)9-6-5-7-3-1-2-4-8(7)11-9;/h3-11,13-15H,1-2H3;1-6H,(H,12,13);/q-1;;. The number of hydrogen-bond acceptors (Lipinski definition) is 3. The largest absolute Gasteiger partial charge is 0.477 e. The van der Waals surface area contributed by atoms with E-state index in [1.165, 1.54) is 44.8 Å². The second kappa shape index (κ2) is 10.2. The van der Waals surface area contributed by atoms with Crippen LogP contribution < -0.4 is 0 Å². The van der Waals surface area contributed by atoms with Crippen molar-refractivity contribution in [2.75, 3.05) is 0 Å². The van der Waals surface area contributed by atoms with Gasteiger partial charge in [0, 0.05) is 30.9 Å². The molecule has 4 nitrogen and oxygen atoms in total. The Hall–Kier alpha value is -4.44. The van der Waals surface area contributed by atoms with E-state index in [4.69, 9.17) is 10.1 Å². The van der Waals surface area contributed by atoms with Crippen molar-refractivity contribution >= 4 is 39.9 Å². The van der Waals surface area contributed by atoms with Crippen LogP contribution in [0.2, 0.25) is 0 Å². The molecule has 2 aliphatic carbocycles. The van der Waals surface area contributed by atoms with Gasteiger partial charge >= 0.3 is 5.97 Å². The summed E-state index contributed by atoms with van der Waals surface area (Å²) in [5.41, 5.74) is 11.8. The Bertz CT molecular complexity index is 2030. The molecule has 1 radical (unpaired) electrons. The number of hydrogen-bond donors (Lipinski definition) is 1. The van der Waals surface area contributed by atoms with Crippen LogP contribution in [0.5, 0.6) is 0 Å². The van der Waals surface area contributed by atoms with Gasteiger partial charge in [-0.15, -0.1) is 29.3 Å². The van der Waals surface area contributed by atoms with Crippen molar-refractivity contribution in [3.05, 3.63) is 131 Å². The third kappa shape index (κ3) is 4.48. The van der Waals surface area contributed by atoms with Crippen molar-refractivity contribution in [2.45, 2.75) is 19.3 Å². The molecule has 0 saturated heterocycles. The van der Waals surface area contributed by atoms with Gasteiger partial charge in [-0.05, 0) is 46.0 Å². The summed E-state index contributed by atoms with van der Waals surface area (Å²) in [4.78, 5) is 19.5. The number of aromatic carboxylic acids is 1. The van der Waals surface area contributed by atoms with Gasteiger partial charge < -0.3 is 5.11 Å². The zero-order valence-electron chi connectivity index (χ0n) is 22.5. The van der Waals surface area contributed by atoms with E-state index in [2.05, 4.69) is 97.7 Å². The zero-order chi connectivity index (χ0) is 27.4. The summed E-state index contributed by atoms with van der Waals surface area (Å²) < 4.78 is 0. The Morgan fingerprint density at radius 1 is 0.756 bits per heavy atom. The first kappa shape index (κ1) is 26.8. The number of rotatable bonds is 2. The van der Waals surface area contributed by atoms with E-state index in [0.29, 0.717) is 5.52 Å². The SMILES string of the molecule is CC1(C)c2ccccc2-c2c[c-]c(-c3cc4c5c(cccc5n3)C=C4)cc21.O=C(O)c1ccc2ccccc2n1.[Ir]. The second-order valence-electron chi connectivity index (χ2n) is 10.7. The monoisotopic (exact) mass is 710 g/mol. The van der Waals surface area contributed by atoms with Gasteiger partial charge in [-0.1, -0.05) is 104 Å². The molecule has 2 aromatic heterocycles. The van der Waals surface area contributed by atoms with Crippen molar-refractivity contribution in [2.24, 2.45) is 0 Å². The van der Waals surface area contributed by atoms with Gasteiger partial charge in [-0.2, -0.15) is 0 Å². The molecule has 1 N–H and O–H groups in total. The molecule has 2 aliphatic rings. The quantitative estimate of drug-likeness (QED) is 0.183. The summed E-state index contributed by atoms with van der Waals surface area (Å²) in [5, 5.41) is 10.9. The minimum absolute atomic E-state index is 0. The van der Waals surface area contributed by atoms with Gasteiger partial charge in [-0.3, -0.25) is 4.98 Å². The van der Waals surface area contributed by atoms with Gasteiger partial charge in [0.25, 0.3) is 0 Å². The van der Waals surface area contributed by atoms with E-state index in [1.54, 1.807) is 12.1 Å². The predicted octanol–water partition coefficient (Wildman–Crippen LogP) is 8.42. The van der Waals surface area contributed by atoms with Gasteiger partial charge in [0.1, 0.15) is 5.69 Å². The van der Waals surface area contributed by atoms with Gasteiger partial charge in [0.05, 0.1) is 11.0 Å². The third-order valence-electron chi connectivity index (χ3n) is 7.95. The third-order valence-corrected chi connectivity index (χ3v) is 7.95. The van der Waals surface area contributed by atoms with Crippen LogP contribution in [0.4, 0.5) is 0 Å². The van der Waals surface area contributed by atoms with Crippen LogP contribution in [0.1, 0.15) is 46.6 Å². The molecule has 4 aromatic carbocycles. The zero-order valence-corrected chi connectivity index (χ0v) is 24.9. The van der Waals surface area contributed by atoms with Crippen molar-refractivity contribution in [1.29, 1.82) is 0 Å². The summed E-state index contributed by atoms with van der Waals surface area (Å²) in [6.07, 6.45) is 4.37. The van der Waals surface area contributed by atoms with E-state index in [9.17, 15) is 4.79 Å². The maximum absolute atomic E-state index is 10.6. The Morgan fingerprint density at radius 2 is 1.51 bits per heavy atom. The molecular formula is C36H25IrN2O2-. The number of carboxylic acids is 1. The smallest absolute Gasteiger partial charge is 0.354 e. The van der Waals surface area contributed by atoms with Crippen LogP contribution >= 0.6 is 0 Å². The van der Waals surface area contributed by atoms with E-state index < -0.39 is 5.97 Å². The number of carbonyl (C=O) groups is 1. The first-order valence-corrected chi connectivity index (χ1v) is 13.3. The van der Waals surface area contributed by atoms with Crippen molar-refractivity contribution < 1.29 is 30.0 Å². The van der Waals surface area contributed by atoms with Crippen molar-refractivity contribution in [1.82, 2.24) is 9.97 Å². The topological polar surface area (TPSA) is 63.1 Å². The predicted molar refractivity (Wildman–Crippen MR) is 161 cm³/mol. The number of benzene rings is 4. The molecular weight excluding hydrogens is 685 g/mol. The summed E-state index contributed by atoms with van der Waals surface area (Å²) in [7, 11) is 0. The maximum atomic E-state index is 10.6. The number of fused-ring (bicyclic) bond motifs is 4. The van der Waals surface area contributed by atoms with Crippen molar-refractivity contribution in [3.63, 3.8) is 0 Å². The van der Waals surface area contributed by atoms with Crippen LogP contribution in [0.15, 0.2) is 97.1 Å². The number of nitrogens with zero attached hydrogens (tertiary/aromatic N) is 2. The molecule has 0 amide bonds. The van der Waals surface area contributed by atoms with E-state index >= 15 is 0 Å². The fraction of sp³-hybridized carbons (Fsp3) is 0.0833. The number of carboxylic acid groups (broad SMARTS) is 1. The minimum Gasteiger partial charge on any atom is -0.477 e. The normalized spacial score (nSPS) is 13.2. The maximum Gasteiger partial charge on any atom is 0.354 e. The van der Waals surface area contributed by atoms with Crippen LogP contribution in [-0.2, 0) is 25.5 Å². The summed E-state index contributed by atoms with van der Waals surface area (Å²) in [6, 6.07) is 35.9. The van der Waals surface area contributed by atoms with E-state index in [-0.39, 0.29) is 31.2 Å². The van der Waals surface area contributed by atoms with Gasteiger partial charge in [-0.25, -0.2) is 9.78 Å². The summed E-state index contributed by atoms with van der Waals surface area (Å²) in [6.45, 7) is 4.62. The molecule has 6 aromatic rings. The Morgan fingerprint density at radius 3 is 2.37 bits per heavy atom. The Balaban J connectivity index is 0.000000183. The molecule has 201 valence electrons. The molecule has 0 saturated carbocycles. The van der Waals surface area contributed by atoms with Crippen LogP contribution in [0.3, 0.4) is 0 Å². The summed E-state index contributed by atoms with van der Waals surface area (Å²) >= 11 is 0. The molecule has 5 heteroatoms. The second-order valence-corrected chi connectivity index (χ2v) is 10.7. The Kier molecular flexibility index (Phi) is 6.65. The molecule has 0 atom stereocenters. The fourth-order valence-electron chi connectivity index (χ4n) is 5.91. The average molecular weight is 710 g/mol. The minimum atomic E-state index is -0.995. The summed E-state index contributed by atoms with van der Waals surface area (Å²) in [5.74, 6) is -0.995. The molecule has 0 aliphatic heterocycles. The van der Waals surface area contributed by atoms with Crippen LogP contribution in [-0.4, -0.2) is 21.0 Å². The van der Waals surface area contributed by atoms with E-state index in [1.807, 2.05) is 18.2 Å². The Labute approximate surface area is 251 Å². The average Bonchev–Trinajstić information content (AvgIpc) is 3.50. The molecule has 0 bridgehead atoms. The van der Waals surface area contributed by atoms with Gasteiger partial charge in [0.2, 0.25) is 0 Å². The first-order valence-electron chi connectivity index (χ1n) is 13.3. The van der Waals surface area contributed by atoms with Crippen LogP contribution in [0, 0.1) is 6.07 Å². The molecule has 0 unspecified atom stereocenters. The number of para-hydroxylation sites is 1. The molecule has 8 rings (SSSR count). The van der Waals surface area contributed by atoms with Crippen molar-refractivity contribution in [3.8, 4) is 22.4 Å². The molecule has 0 spiro atoms. The van der Waals surface area contributed by atoms with Gasteiger partial charge in [0.15, 0.2) is 0 Å². The number of aromatic nitrogens is 2. The molecule has 0 fully saturated rings. The first-order chi connectivity index (χ1) is 19.4. The van der Waals surface area contributed by atoms with Crippen LogP contribution in [0.25, 0.3) is 56.3 Å².